The molecule has 0 saturated heterocycles. The number of allylic oxidation sites excluding steroid dienone is 2. The van der Waals surface area contributed by atoms with E-state index in [9.17, 15) is 0 Å². The first-order valence-corrected chi connectivity index (χ1v) is 8.65. The molecule has 0 radical (unpaired) electrons. The maximum absolute atomic E-state index is 4.33. The summed E-state index contributed by atoms with van der Waals surface area (Å²) < 4.78 is 0. The van der Waals surface area contributed by atoms with Crippen molar-refractivity contribution in [3.63, 3.8) is 0 Å². The summed E-state index contributed by atoms with van der Waals surface area (Å²) in [7, 11) is 0. The Balaban J connectivity index is 2.08. The molecule has 2 fully saturated rings. The lowest BCUT2D eigenvalue weighted by atomic mass is 9.68. The second-order valence-corrected chi connectivity index (χ2v) is 8.49. The molecule has 0 aromatic rings. The minimum absolute atomic E-state index is 0.449. The van der Waals surface area contributed by atoms with Crippen molar-refractivity contribution >= 4 is 0 Å². The molecule has 0 nitrogen and oxygen atoms in total. The highest BCUT2D eigenvalue weighted by atomic mass is 14.5. The first-order chi connectivity index (χ1) is 9.34. The smallest absolute Gasteiger partial charge is 0.0134 e. The van der Waals surface area contributed by atoms with E-state index in [2.05, 4.69) is 40.9 Å². The highest BCUT2D eigenvalue weighted by Crippen LogP contribution is 2.52. The summed E-state index contributed by atoms with van der Waals surface area (Å²) in [4.78, 5) is 0. The van der Waals surface area contributed by atoms with Crippen LogP contribution in [-0.2, 0) is 0 Å². The molecule has 2 aliphatic rings. The van der Waals surface area contributed by atoms with E-state index in [1.165, 1.54) is 44.1 Å². The Bertz CT molecular complexity index is 353. The van der Waals surface area contributed by atoms with Crippen LogP contribution in [0.4, 0.5) is 0 Å². The summed E-state index contributed by atoms with van der Waals surface area (Å²) in [6.45, 7) is 18.1. The van der Waals surface area contributed by atoms with Crippen LogP contribution in [0.5, 0.6) is 0 Å². The van der Waals surface area contributed by atoms with E-state index in [1.54, 1.807) is 0 Å². The van der Waals surface area contributed by atoms with E-state index in [1.807, 2.05) is 6.08 Å². The molecule has 0 aromatic carbocycles. The topological polar surface area (TPSA) is 0 Å². The predicted molar refractivity (Wildman–Crippen MR) is 89.6 cm³/mol. The average molecular weight is 274 g/mol. The average Bonchev–Trinajstić information content (AvgIpc) is 2.69. The van der Waals surface area contributed by atoms with Crippen molar-refractivity contribution in [3.05, 3.63) is 24.8 Å². The lowest BCUT2D eigenvalue weighted by Gasteiger charge is -2.37. The van der Waals surface area contributed by atoms with Crippen molar-refractivity contribution in [1.82, 2.24) is 0 Å². The Morgan fingerprint density at radius 2 is 1.85 bits per heavy atom. The van der Waals surface area contributed by atoms with Crippen molar-refractivity contribution in [3.8, 4) is 0 Å². The molecule has 0 spiro atoms. The molecule has 0 aliphatic heterocycles. The summed E-state index contributed by atoms with van der Waals surface area (Å²) in [6.07, 6.45) is 10.5. The van der Waals surface area contributed by atoms with Gasteiger partial charge in [0.05, 0.1) is 0 Å². The van der Waals surface area contributed by atoms with Crippen molar-refractivity contribution in [2.24, 2.45) is 35.0 Å². The van der Waals surface area contributed by atoms with Crippen molar-refractivity contribution in [1.29, 1.82) is 0 Å². The fourth-order valence-electron chi connectivity index (χ4n) is 4.83. The predicted octanol–water partition coefficient (Wildman–Crippen LogP) is 6.24. The Morgan fingerprint density at radius 1 is 1.20 bits per heavy atom. The van der Waals surface area contributed by atoms with Crippen LogP contribution in [0.3, 0.4) is 0 Å². The van der Waals surface area contributed by atoms with Crippen molar-refractivity contribution in [2.45, 2.75) is 66.2 Å². The molecular formula is C20H34. The molecule has 4 unspecified atom stereocenters. The molecule has 0 bridgehead atoms. The van der Waals surface area contributed by atoms with E-state index in [0.29, 0.717) is 11.3 Å². The van der Waals surface area contributed by atoms with Crippen LogP contribution in [0.15, 0.2) is 24.8 Å². The largest absolute Gasteiger partial charge is 0.0988 e. The van der Waals surface area contributed by atoms with Gasteiger partial charge in [-0.15, -0.1) is 0 Å². The molecule has 4 atom stereocenters. The van der Waals surface area contributed by atoms with E-state index in [4.69, 9.17) is 0 Å². The highest BCUT2D eigenvalue weighted by molar-refractivity contribution is 5.18. The molecule has 0 heteroatoms. The minimum Gasteiger partial charge on any atom is -0.0988 e. The summed E-state index contributed by atoms with van der Waals surface area (Å²) in [6, 6.07) is 0. The summed E-state index contributed by atoms with van der Waals surface area (Å²) in [5.74, 6) is 4.20. The molecule has 2 saturated carbocycles. The summed E-state index contributed by atoms with van der Waals surface area (Å²) in [5.41, 5.74) is 1.76. The molecule has 0 N–H and O–H groups in total. The first-order valence-electron chi connectivity index (χ1n) is 8.65. The third kappa shape index (κ3) is 3.21. The highest BCUT2D eigenvalue weighted by Gasteiger charge is 2.43. The van der Waals surface area contributed by atoms with Crippen LogP contribution in [0, 0.1) is 35.0 Å². The SMILES string of the molecule is C=CC(=C)C(CC1CCC1)C1CCC(C(C)(C)C)C1C. The van der Waals surface area contributed by atoms with Crippen molar-refractivity contribution < 1.29 is 0 Å². The van der Waals surface area contributed by atoms with Crippen molar-refractivity contribution in [2.75, 3.05) is 0 Å². The van der Waals surface area contributed by atoms with Gasteiger partial charge in [0.2, 0.25) is 0 Å². The van der Waals surface area contributed by atoms with Gasteiger partial charge in [-0.2, -0.15) is 0 Å². The van der Waals surface area contributed by atoms with Crippen LogP contribution >= 0.6 is 0 Å². The minimum atomic E-state index is 0.449. The molecule has 114 valence electrons. The molecular weight excluding hydrogens is 240 g/mol. The molecule has 20 heavy (non-hydrogen) atoms. The van der Waals surface area contributed by atoms with E-state index >= 15 is 0 Å². The zero-order valence-corrected chi connectivity index (χ0v) is 14.1. The lowest BCUT2D eigenvalue weighted by molar-refractivity contribution is 0.145. The molecule has 0 aromatic heterocycles. The Hall–Kier alpha value is -0.520. The van der Waals surface area contributed by atoms with E-state index < -0.39 is 0 Å². The molecule has 0 heterocycles. The van der Waals surface area contributed by atoms with Crippen LogP contribution in [0.25, 0.3) is 0 Å². The number of hydrogen-bond acceptors (Lipinski definition) is 0. The normalized spacial score (nSPS) is 32.7. The zero-order valence-electron chi connectivity index (χ0n) is 14.1. The zero-order chi connectivity index (χ0) is 14.9. The summed E-state index contributed by atoms with van der Waals surface area (Å²) >= 11 is 0. The third-order valence-corrected chi connectivity index (χ3v) is 6.30. The van der Waals surface area contributed by atoms with Gasteiger partial charge in [-0.05, 0) is 54.3 Å². The molecule has 2 aliphatic carbocycles. The fraction of sp³-hybridized carbons (Fsp3) is 0.800. The Kier molecular flexibility index (Phi) is 4.82. The Labute approximate surface area is 126 Å². The van der Waals surface area contributed by atoms with Gasteiger partial charge in [0.15, 0.2) is 0 Å². The third-order valence-electron chi connectivity index (χ3n) is 6.30. The van der Waals surface area contributed by atoms with Crippen LogP contribution in [0.2, 0.25) is 0 Å². The van der Waals surface area contributed by atoms with Gasteiger partial charge in [-0.3, -0.25) is 0 Å². The van der Waals surface area contributed by atoms with Gasteiger partial charge in [0, 0.05) is 0 Å². The standard InChI is InChI=1S/C20H34/c1-7-14(2)18(13-16-9-8-10-16)17-11-12-19(15(17)3)20(4,5)6/h7,15-19H,1-2,8-13H2,3-6H3. The quantitative estimate of drug-likeness (QED) is 0.520. The van der Waals surface area contributed by atoms with E-state index in [-0.39, 0.29) is 0 Å². The second-order valence-electron chi connectivity index (χ2n) is 8.49. The van der Waals surface area contributed by atoms with Crippen LogP contribution in [-0.4, -0.2) is 0 Å². The second kappa shape index (κ2) is 6.08. The first kappa shape index (κ1) is 15.9. The van der Waals surface area contributed by atoms with Gasteiger partial charge in [-0.1, -0.05) is 71.8 Å². The monoisotopic (exact) mass is 274 g/mol. The van der Waals surface area contributed by atoms with Crippen LogP contribution in [0.1, 0.15) is 66.2 Å². The molecule has 2 rings (SSSR count). The van der Waals surface area contributed by atoms with Crippen LogP contribution < -0.4 is 0 Å². The van der Waals surface area contributed by atoms with Gasteiger partial charge >= 0.3 is 0 Å². The molecule has 0 amide bonds. The lowest BCUT2D eigenvalue weighted by Crippen LogP contribution is -2.29. The van der Waals surface area contributed by atoms with Gasteiger partial charge in [0.1, 0.15) is 0 Å². The van der Waals surface area contributed by atoms with E-state index in [0.717, 1.165) is 23.7 Å². The fourth-order valence-corrected chi connectivity index (χ4v) is 4.83. The maximum atomic E-state index is 4.33. The van der Waals surface area contributed by atoms with Gasteiger partial charge < -0.3 is 0 Å². The maximum Gasteiger partial charge on any atom is -0.0134 e. The number of hydrogen-bond donors (Lipinski definition) is 0. The number of rotatable bonds is 5. The van der Waals surface area contributed by atoms with Gasteiger partial charge in [0.25, 0.3) is 0 Å². The summed E-state index contributed by atoms with van der Waals surface area (Å²) in [5, 5.41) is 0. The Morgan fingerprint density at radius 3 is 2.25 bits per heavy atom. The van der Waals surface area contributed by atoms with Gasteiger partial charge in [-0.25, -0.2) is 0 Å².